The van der Waals surface area contributed by atoms with Crippen LogP contribution in [0.2, 0.25) is 0 Å². The van der Waals surface area contributed by atoms with Crippen LogP contribution in [0, 0.1) is 11.8 Å². The van der Waals surface area contributed by atoms with Crippen molar-refractivity contribution in [3.63, 3.8) is 0 Å². The number of carbonyl (C=O) groups is 5. The summed E-state index contributed by atoms with van der Waals surface area (Å²) in [5, 5.41) is 25.6. The van der Waals surface area contributed by atoms with Crippen LogP contribution in [0.3, 0.4) is 0 Å². The molecule has 4 atom stereocenters. The first-order valence-corrected chi connectivity index (χ1v) is 11.9. The Morgan fingerprint density at radius 3 is 1.61 bits per heavy atom. The minimum Gasteiger partial charge on any atom is -0.481 e. The lowest BCUT2D eigenvalue weighted by Gasteiger charge is -2.26. The number of amides is 3. The average Bonchev–Trinajstić information content (AvgIpc) is 2.77. The minimum absolute atomic E-state index is 0.0238. The minimum atomic E-state index is -1.65. The third-order valence-corrected chi connectivity index (χ3v) is 5.31. The molecule has 0 spiro atoms. The Hall–Kier alpha value is -3.47. The van der Waals surface area contributed by atoms with E-state index < -0.39 is 60.2 Å². The molecule has 0 heterocycles. The molecule has 4 unspecified atom stereocenters. The van der Waals surface area contributed by atoms with E-state index in [1.54, 1.807) is 0 Å². The monoisotopic (exact) mass is 506 g/mol. The zero-order valence-electron chi connectivity index (χ0n) is 21.2. The molecule has 0 aromatic heterocycles. The Balaban J connectivity index is 2.97. The lowest BCUT2D eigenvalue weighted by molar-refractivity contribution is -0.147. The second-order valence-electron chi connectivity index (χ2n) is 9.67. The van der Waals surface area contributed by atoms with Gasteiger partial charge in [-0.1, -0.05) is 58.0 Å². The maximum absolute atomic E-state index is 13.1. The first-order valence-electron chi connectivity index (χ1n) is 11.9. The number of carbonyl (C=O) groups excluding carboxylic acids is 3. The maximum atomic E-state index is 13.1. The standard InChI is InChI=1S/C25H38N4O7/c1-14(2)10-18(27-22(32)17(26)12-16-8-6-5-7-9-16)23(33)28-19(11-15(3)4)24(34)29-20(25(35)36)13-21(30)31/h5-9,14-15,17-20H,10-13,26H2,1-4H3,(H,27,32)(H,28,33)(H,29,34)(H,30,31)(H,35,36). The van der Waals surface area contributed by atoms with Crippen molar-refractivity contribution in [3.8, 4) is 0 Å². The highest BCUT2D eigenvalue weighted by molar-refractivity contribution is 5.94. The van der Waals surface area contributed by atoms with E-state index in [1.807, 2.05) is 58.0 Å². The van der Waals surface area contributed by atoms with E-state index in [2.05, 4.69) is 16.0 Å². The third kappa shape index (κ3) is 11.3. The molecule has 11 heteroatoms. The van der Waals surface area contributed by atoms with Gasteiger partial charge in [0.2, 0.25) is 17.7 Å². The van der Waals surface area contributed by atoms with Crippen LogP contribution in [0.15, 0.2) is 30.3 Å². The molecule has 0 radical (unpaired) electrons. The fourth-order valence-electron chi connectivity index (χ4n) is 3.56. The van der Waals surface area contributed by atoms with Crippen molar-refractivity contribution < 1.29 is 34.2 Å². The topological polar surface area (TPSA) is 188 Å². The van der Waals surface area contributed by atoms with Gasteiger partial charge >= 0.3 is 11.9 Å². The predicted octanol–water partition coefficient (Wildman–Crippen LogP) is 0.662. The summed E-state index contributed by atoms with van der Waals surface area (Å²) in [5.41, 5.74) is 6.92. The van der Waals surface area contributed by atoms with E-state index in [1.165, 1.54) is 0 Å². The van der Waals surface area contributed by atoms with E-state index in [0.717, 1.165) is 5.56 Å². The van der Waals surface area contributed by atoms with Crippen LogP contribution in [-0.2, 0) is 30.4 Å². The van der Waals surface area contributed by atoms with Crippen LogP contribution in [0.5, 0.6) is 0 Å². The van der Waals surface area contributed by atoms with Crippen molar-refractivity contribution in [2.45, 2.75) is 77.5 Å². The molecule has 1 aromatic carbocycles. The van der Waals surface area contributed by atoms with Gasteiger partial charge in [0.25, 0.3) is 0 Å². The highest BCUT2D eigenvalue weighted by Crippen LogP contribution is 2.10. The quantitative estimate of drug-likeness (QED) is 0.200. The number of benzene rings is 1. The number of hydrogen-bond donors (Lipinski definition) is 6. The second kappa shape index (κ2) is 14.8. The Morgan fingerprint density at radius 2 is 1.19 bits per heavy atom. The van der Waals surface area contributed by atoms with Crippen molar-refractivity contribution >= 4 is 29.7 Å². The van der Waals surface area contributed by atoms with Gasteiger partial charge in [0.15, 0.2) is 0 Å². The fourth-order valence-corrected chi connectivity index (χ4v) is 3.56. The van der Waals surface area contributed by atoms with E-state index in [9.17, 15) is 29.1 Å². The predicted molar refractivity (Wildman–Crippen MR) is 133 cm³/mol. The van der Waals surface area contributed by atoms with Crippen LogP contribution in [0.1, 0.15) is 52.5 Å². The van der Waals surface area contributed by atoms with Gasteiger partial charge in [-0.3, -0.25) is 19.2 Å². The number of carboxylic acid groups (broad SMARTS) is 2. The first kappa shape index (κ1) is 30.6. The molecular formula is C25H38N4O7. The van der Waals surface area contributed by atoms with Crippen molar-refractivity contribution in [3.05, 3.63) is 35.9 Å². The van der Waals surface area contributed by atoms with Gasteiger partial charge in [0.05, 0.1) is 12.5 Å². The molecule has 11 nitrogen and oxygen atoms in total. The average molecular weight is 507 g/mol. The largest absolute Gasteiger partial charge is 0.481 e. The Kier molecular flexibility index (Phi) is 12.6. The molecule has 200 valence electrons. The maximum Gasteiger partial charge on any atom is 0.326 e. The molecule has 0 aliphatic rings. The number of hydrogen-bond acceptors (Lipinski definition) is 6. The molecule has 0 aliphatic heterocycles. The summed E-state index contributed by atoms with van der Waals surface area (Å²) in [4.78, 5) is 61.0. The molecular weight excluding hydrogens is 468 g/mol. The lowest BCUT2D eigenvalue weighted by atomic mass is 9.99. The van der Waals surface area contributed by atoms with Crippen LogP contribution in [-0.4, -0.2) is 64.0 Å². The molecule has 0 aliphatic carbocycles. The first-order chi connectivity index (χ1) is 16.8. The van der Waals surface area contributed by atoms with Gasteiger partial charge in [-0.2, -0.15) is 0 Å². The van der Waals surface area contributed by atoms with Gasteiger partial charge in [0.1, 0.15) is 18.1 Å². The third-order valence-electron chi connectivity index (χ3n) is 5.31. The van der Waals surface area contributed by atoms with E-state index in [4.69, 9.17) is 10.8 Å². The number of rotatable bonds is 15. The number of carboxylic acids is 2. The zero-order valence-corrected chi connectivity index (χ0v) is 21.2. The van der Waals surface area contributed by atoms with Crippen LogP contribution in [0.4, 0.5) is 0 Å². The fraction of sp³-hybridized carbons (Fsp3) is 0.560. The molecule has 0 fully saturated rings. The van der Waals surface area contributed by atoms with Crippen LogP contribution < -0.4 is 21.7 Å². The summed E-state index contributed by atoms with van der Waals surface area (Å²) >= 11 is 0. The summed E-state index contributed by atoms with van der Waals surface area (Å²) in [6.45, 7) is 7.37. The van der Waals surface area contributed by atoms with Gasteiger partial charge in [-0.05, 0) is 36.7 Å². The molecule has 36 heavy (non-hydrogen) atoms. The molecule has 1 aromatic rings. The van der Waals surface area contributed by atoms with E-state index >= 15 is 0 Å². The molecule has 0 saturated carbocycles. The number of aliphatic carboxylic acids is 2. The Morgan fingerprint density at radius 1 is 0.750 bits per heavy atom. The smallest absolute Gasteiger partial charge is 0.326 e. The number of nitrogens with one attached hydrogen (secondary N) is 3. The van der Waals surface area contributed by atoms with Crippen LogP contribution >= 0.6 is 0 Å². The SMILES string of the molecule is CC(C)CC(NC(=O)C(N)Cc1ccccc1)C(=O)NC(CC(C)C)C(=O)NC(CC(=O)O)C(=O)O. The van der Waals surface area contributed by atoms with Gasteiger partial charge < -0.3 is 31.9 Å². The van der Waals surface area contributed by atoms with Crippen molar-refractivity contribution in [2.75, 3.05) is 0 Å². The summed E-state index contributed by atoms with van der Waals surface area (Å²) in [7, 11) is 0. The highest BCUT2D eigenvalue weighted by atomic mass is 16.4. The van der Waals surface area contributed by atoms with Crippen LogP contribution in [0.25, 0.3) is 0 Å². The summed E-state index contributed by atoms with van der Waals surface area (Å²) in [5.74, 6) is -4.87. The Bertz CT molecular complexity index is 905. The summed E-state index contributed by atoms with van der Waals surface area (Å²) in [6.07, 6.45) is -0.0781. The summed E-state index contributed by atoms with van der Waals surface area (Å²) in [6, 6.07) is 4.56. The lowest BCUT2D eigenvalue weighted by Crippen LogP contribution is -2.57. The van der Waals surface area contributed by atoms with E-state index in [-0.39, 0.29) is 31.1 Å². The molecule has 7 N–H and O–H groups in total. The molecule has 0 bridgehead atoms. The van der Waals surface area contributed by atoms with Crippen molar-refractivity contribution in [1.29, 1.82) is 0 Å². The highest BCUT2D eigenvalue weighted by Gasteiger charge is 2.31. The Labute approximate surface area is 211 Å². The van der Waals surface area contributed by atoms with E-state index in [0.29, 0.717) is 0 Å². The van der Waals surface area contributed by atoms with Crippen molar-refractivity contribution in [1.82, 2.24) is 16.0 Å². The van der Waals surface area contributed by atoms with Gasteiger partial charge in [0, 0.05) is 0 Å². The normalized spacial score (nSPS) is 14.4. The van der Waals surface area contributed by atoms with Crippen molar-refractivity contribution in [2.24, 2.45) is 17.6 Å². The molecule has 3 amide bonds. The molecule has 0 saturated heterocycles. The second-order valence-corrected chi connectivity index (χ2v) is 9.67. The zero-order chi connectivity index (χ0) is 27.4. The number of nitrogens with two attached hydrogens (primary N) is 1. The summed E-state index contributed by atoms with van der Waals surface area (Å²) < 4.78 is 0. The molecule has 1 rings (SSSR count). The van der Waals surface area contributed by atoms with Gasteiger partial charge in [-0.25, -0.2) is 4.79 Å². The van der Waals surface area contributed by atoms with Gasteiger partial charge in [-0.15, -0.1) is 0 Å².